The number of carboxylic acid groups (broad SMARTS) is 1. The monoisotopic (exact) mass is 364 g/mol. The molecule has 0 aliphatic heterocycles. The van der Waals surface area contributed by atoms with Crippen molar-refractivity contribution >= 4 is 27.6 Å². The van der Waals surface area contributed by atoms with Crippen LogP contribution in [-0.2, 0) is 21.2 Å². The van der Waals surface area contributed by atoms with Crippen molar-refractivity contribution in [1.82, 2.24) is 4.72 Å². The van der Waals surface area contributed by atoms with E-state index in [0.29, 0.717) is 16.1 Å². The van der Waals surface area contributed by atoms with Gasteiger partial charge in [0.15, 0.2) is 0 Å². The minimum Gasteiger partial charge on any atom is -0.480 e. The molecular formula is C16H13ClN2O4S. The molecule has 0 aliphatic rings. The molecule has 0 saturated carbocycles. The van der Waals surface area contributed by atoms with E-state index < -0.39 is 22.0 Å². The van der Waals surface area contributed by atoms with Gasteiger partial charge in [-0.2, -0.15) is 9.98 Å². The van der Waals surface area contributed by atoms with E-state index in [1.165, 1.54) is 24.3 Å². The summed E-state index contributed by atoms with van der Waals surface area (Å²) in [6.45, 7) is 0. The van der Waals surface area contributed by atoms with Crippen molar-refractivity contribution in [3.05, 3.63) is 64.7 Å². The van der Waals surface area contributed by atoms with Crippen molar-refractivity contribution in [2.45, 2.75) is 17.4 Å². The van der Waals surface area contributed by atoms with Gasteiger partial charge in [-0.3, -0.25) is 4.79 Å². The molecule has 2 N–H and O–H groups in total. The van der Waals surface area contributed by atoms with E-state index in [2.05, 4.69) is 4.72 Å². The topological polar surface area (TPSA) is 107 Å². The van der Waals surface area contributed by atoms with E-state index in [1.807, 2.05) is 6.07 Å². The highest BCUT2D eigenvalue weighted by atomic mass is 35.5. The SMILES string of the molecule is N#Cc1ccc(C[C@@H](NS(=O)(=O)c2ccc(Cl)cc2)C(=O)O)cc1. The van der Waals surface area contributed by atoms with E-state index in [0.717, 1.165) is 0 Å². The maximum Gasteiger partial charge on any atom is 0.322 e. The Morgan fingerprint density at radius 2 is 1.75 bits per heavy atom. The van der Waals surface area contributed by atoms with Gasteiger partial charge in [0.25, 0.3) is 0 Å². The molecule has 0 fully saturated rings. The minimum atomic E-state index is -4.00. The van der Waals surface area contributed by atoms with Crippen LogP contribution in [0.1, 0.15) is 11.1 Å². The van der Waals surface area contributed by atoms with Crippen LogP contribution in [0.3, 0.4) is 0 Å². The first-order valence-electron chi connectivity index (χ1n) is 6.81. The molecule has 2 aromatic carbocycles. The molecule has 0 radical (unpaired) electrons. The molecule has 124 valence electrons. The second-order valence-corrected chi connectivity index (χ2v) is 7.13. The largest absolute Gasteiger partial charge is 0.480 e. The standard InChI is InChI=1S/C16H13ClN2O4S/c17-13-5-7-14(8-6-13)24(22,23)19-15(16(20)21)9-11-1-3-12(10-18)4-2-11/h1-8,15,19H,9H2,(H,20,21)/t15-/m1/s1. The maximum absolute atomic E-state index is 12.3. The fraction of sp³-hybridized carbons (Fsp3) is 0.125. The summed E-state index contributed by atoms with van der Waals surface area (Å²) in [4.78, 5) is 11.3. The Morgan fingerprint density at radius 3 is 2.25 bits per heavy atom. The molecule has 2 rings (SSSR count). The van der Waals surface area contributed by atoms with Crippen molar-refractivity contribution in [2.75, 3.05) is 0 Å². The van der Waals surface area contributed by atoms with Gasteiger partial charge in [0.2, 0.25) is 10.0 Å². The number of carboxylic acids is 1. The lowest BCUT2D eigenvalue weighted by Crippen LogP contribution is -2.42. The zero-order chi connectivity index (χ0) is 17.7. The zero-order valence-electron chi connectivity index (χ0n) is 12.3. The van der Waals surface area contributed by atoms with E-state index >= 15 is 0 Å². The van der Waals surface area contributed by atoms with E-state index in [1.54, 1.807) is 24.3 Å². The van der Waals surface area contributed by atoms with Crippen LogP contribution in [0.4, 0.5) is 0 Å². The normalized spacial score (nSPS) is 12.3. The molecule has 0 aliphatic carbocycles. The van der Waals surface area contributed by atoms with Crippen molar-refractivity contribution in [3.8, 4) is 6.07 Å². The summed E-state index contributed by atoms with van der Waals surface area (Å²) in [6.07, 6.45) is -0.0478. The third-order valence-electron chi connectivity index (χ3n) is 3.24. The van der Waals surface area contributed by atoms with Gasteiger partial charge in [0.1, 0.15) is 6.04 Å². The Labute approximate surface area is 144 Å². The Kier molecular flexibility index (Phi) is 5.57. The van der Waals surface area contributed by atoms with Gasteiger partial charge in [-0.1, -0.05) is 23.7 Å². The van der Waals surface area contributed by atoms with Gasteiger partial charge in [0.05, 0.1) is 16.5 Å². The number of nitrogens with zero attached hydrogens (tertiary/aromatic N) is 1. The highest BCUT2D eigenvalue weighted by Crippen LogP contribution is 2.15. The molecular weight excluding hydrogens is 352 g/mol. The van der Waals surface area contributed by atoms with Crippen LogP contribution in [0, 0.1) is 11.3 Å². The first-order chi connectivity index (χ1) is 11.3. The first-order valence-corrected chi connectivity index (χ1v) is 8.67. The lowest BCUT2D eigenvalue weighted by atomic mass is 10.1. The number of hydrogen-bond donors (Lipinski definition) is 2. The molecule has 0 amide bonds. The molecule has 24 heavy (non-hydrogen) atoms. The summed E-state index contributed by atoms with van der Waals surface area (Å²) in [5, 5.41) is 18.4. The van der Waals surface area contributed by atoms with Crippen LogP contribution in [0.15, 0.2) is 53.4 Å². The van der Waals surface area contributed by atoms with E-state index in [4.69, 9.17) is 16.9 Å². The van der Waals surface area contributed by atoms with Gasteiger partial charge < -0.3 is 5.11 Å². The highest BCUT2D eigenvalue weighted by Gasteiger charge is 2.25. The summed E-state index contributed by atoms with van der Waals surface area (Å²) < 4.78 is 26.7. The minimum absolute atomic E-state index is 0.0478. The predicted octanol–water partition coefficient (Wildman–Crippen LogP) is 2.19. The van der Waals surface area contributed by atoms with Crippen molar-refractivity contribution in [3.63, 3.8) is 0 Å². The molecule has 2 aromatic rings. The quantitative estimate of drug-likeness (QED) is 0.816. The lowest BCUT2D eigenvalue weighted by molar-refractivity contribution is -0.138. The molecule has 0 aromatic heterocycles. The average molecular weight is 365 g/mol. The van der Waals surface area contributed by atoms with Crippen LogP contribution in [0.5, 0.6) is 0 Å². The Morgan fingerprint density at radius 1 is 1.17 bits per heavy atom. The number of benzene rings is 2. The Hall–Kier alpha value is -2.40. The number of hydrogen-bond acceptors (Lipinski definition) is 4. The molecule has 6 nitrogen and oxygen atoms in total. The van der Waals surface area contributed by atoms with E-state index in [9.17, 15) is 18.3 Å². The number of aliphatic carboxylic acids is 1. The van der Waals surface area contributed by atoms with Gasteiger partial charge in [0, 0.05) is 5.02 Å². The lowest BCUT2D eigenvalue weighted by Gasteiger charge is -2.15. The molecule has 8 heteroatoms. The number of halogens is 1. The van der Waals surface area contributed by atoms with Gasteiger partial charge in [-0.25, -0.2) is 8.42 Å². The first kappa shape index (κ1) is 17.9. The fourth-order valence-corrected chi connectivity index (χ4v) is 3.31. The van der Waals surface area contributed by atoms with Crippen molar-refractivity contribution < 1.29 is 18.3 Å². The molecule has 0 unspecified atom stereocenters. The smallest absolute Gasteiger partial charge is 0.322 e. The number of rotatable bonds is 6. The molecule has 0 spiro atoms. The number of nitrogens with one attached hydrogen (secondary N) is 1. The Balaban J connectivity index is 2.20. The van der Waals surface area contributed by atoms with Crippen LogP contribution < -0.4 is 4.72 Å². The summed E-state index contributed by atoms with van der Waals surface area (Å²) >= 11 is 5.72. The van der Waals surface area contributed by atoms with Crippen LogP contribution in [-0.4, -0.2) is 25.5 Å². The number of carbonyl (C=O) groups is 1. The molecule has 0 saturated heterocycles. The van der Waals surface area contributed by atoms with Crippen molar-refractivity contribution in [1.29, 1.82) is 5.26 Å². The predicted molar refractivity (Wildman–Crippen MR) is 88.1 cm³/mol. The number of nitriles is 1. The third-order valence-corrected chi connectivity index (χ3v) is 4.98. The third kappa shape index (κ3) is 4.55. The van der Waals surface area contributed by atoms with E-state index in [-0.39, 0.29) is 11.3 Å². The summed E-state index contributed by atoms with van der Waals surface area (Å²) in [5.41, 5.74) is 1.03. The van der Waals surface area contributed by atoms with Crippen LogP contribution in [0.25, 0.3) is 0 Å². The second kappa shape index (κ2) is 7.45. The summed E-state index contributed by atoms with van der Waals surface area (Å²) in [6, 6.07) is 12.3. The molecule has 1 atom stereocenters. The van der Waals surface area contributed by atoms with Gasteiger partial charge in [-0.15, -0.1) is 0 Å². The highest BCUT2D eigenvalue weighted by molar-refractivity contribution is 7.89. The van der Waals surface area contributed by atoms with Crippen LogP contribution >= 0.6 is 11.6 Å². The van der Waals surface area contributed by atoms with Crippen molar-refractivity contribution in [2.24, 2.45) is 0 Å². The summed E-state index contributed by atoms with van der Waals surface area (Å²) in [5.74, 6) is -1.29. The number of sulfonamides is 1. The average Bonchev–Trinajstić information content (AvgIpc) is 2.55. The van der Waals surface area contributed by atoms with Gasteiger partial charge >= 0.3 is 5.97 Å². The molecule has 0 bridgehead atoms. The maximum atomic E-state index is 12.3. The second-order valence-electron chi connectivity index (χ2n) is 4.98. The summed E-state index contributed by atoms with van der Waals surface area (Å²) in [7, 11) is -4.00. The zero-order valence-corrected chi connectivity index (χ0v) is 13.9. The fourth-order valence-electron chi connectivity index (χ4n) is 2.00. The molecule has 0 heterocycles. The Bertz CT molecular complexity index is 872. The van der Waals surface area contributed by atoms with Gasteiger partial charge in [-0.05, 0) is 48.4 Å². The van der Waals surface area contributed by atoms with Crippen LogP contribution in [0.2, 0.25) is 5.02 Å².